The zero-order chi connectivity index (χ0) is 26.2. The summed E-state index contributed by atoms with van der Waals surface area (Å²) >= 11 is 0. The highest BCUT2D eigenvalue weighted by atomic mass is 16.5. The van der Waals surface area contributed by atoms with Crippen molar-refractivity contribution in [3.05, 3.63) is 66.6 Å². The summed E-state index contributed by atoms with van der Waals surface area (Å²) in [4.78, 5) is 21.2. The van der Waals surface area contributed by atoms with Gasteiger partial charge in [-0.05, 0) is 51.2 Å². The van der Waals surface area contributed by atoms with Crippen molar-refractivity contribution in [1.82, 2.24) is 30.4 Å². The smallest absolute Gasteiger partial charge is 0.252 e. The van der Waals surface area contributed by atoms with E-state index in [-0.39, 0.29) is 18.6 Å². The van der Waals surface area contributed by atoms with E-state index >= 15 is 0 Å². The fraction of sp³-hybridized carbons (Fsp3) is 0.333. The Morgan fingerprint density at radius 3 is 2.76 bits per heavy atom. The zero-order valence-corrected chi connectivity index (χ0v) is 21.3. The van der Waals surface area contributed by atoms with E-state index in [1.165, 1.54) is 0 Å². The third-order valence-corrected chi connectivity index (χ3v) is 5.72. The molecule has 0 fully saturated rings. The van der Waals surface area contributed by atoms with Crippen molar-refractivity contribution < 1.29 is 14.6 Å². The van der Waals surface area contributed by atoms with Crippen LogP contribution in [0.4, 0.5) is 5.69 Å². The van der Waals surface area contributed by atoms with Gasteiger partial charge in [-0.2, -0.15) is 5.10 Å². The first-order chi connectivity index (χ1) is 18.0. The Bertz CT molecular complexity index is 1320. The molecular formula is C27H33N7O3. The van der Waals surface area contributed by atoms with Crippen LogP contribution in [-0.2, 0) is 0 Å². The quantitative estimate of drug-likeness (QED) is 0.218. The number of hydrogen-bond donors (Lipinski definition) is 4. The molecule has 4 rings (SSSR count). The van der Waals surface area contributed by atoms with Crippen molar-refractivity contribution in [3.63, 3.8) is 0 Å². The Hall–Kier alpha value is -4.02. The number of carbonyl (C=O) groups excluding carboxylic acids is 1. The summed E-state index contributed by atoms with van der Waals surface area (Å²) in [5.74, 6) is 0.485. The van der Waals surface area contributed by atoms with Gasteiger partial charge >= 0.3 is 0 Å². The summed E-state index contributed by atoms with van der Waals surface area (Å²) < 4.78 is 7.68. The molecule has 4 N–H and O–H groups in total. The van der Waals surface area contributed by atoms with Crippen molar-refractivity contribution in [3.8, 4) is 17.0 Å². The Balaban J connectivity index is 1.54. The molecule has 0 saturated carbocycles. The first kappa shape index (κ1) is 26.1. The standard InChI is InChI=1S/C27H33N7O3/c1-18(2)34-26-23(16-32-34)25(30-10-11-31-27(36)20-7-5-9-29-14-20)13-24(33-26)19-6-4-8-22(12-19)37-17-21(35)15-28-3/h4-9,12-14,16,18,21,28,35H,10-11,15,17H2,1-3H3,(H,30,33)(H,31,36). The molecule has 0 bridgehead atoms. The molecular weight excluding hydrogens is 470 g/mol. The normalized spacial score (nSPS) is 12.0. The Kier molecular flexibility index (Phi) is 8.65. The lowest BCUT2D eigenvalue weighted by atomic mass is 10.1. The second kappa shape index (κ2) is 12.3. The van der Waals surface area contributed by atoms with Gasteiger partial charge in [-0.25, -0.2) is 9.67 Å². The van der Waals surface area contributed by atoms with Gasteiger partial charge in [0.2, 0.25) is 0 Å². The minimum atomic E-state index is -0.599. The lowest BCUT2D eigenvalue weighted by Crippen LogP contribution is -2.29. The number of nitrogens with one attached hydrogen (secondary N) is 3. The number of rotatable bonds is 12. The van der Waals surface area contributed by atoms with Crippen molar-refractivity contribution in [2.75, 3.05) is 38.6 Å². The van der Waals surface area contributed by atoms with Crippen LogP contribution in [0.5, 0.6) is 5.75 Å². The maximum atomic E-state index is 12.3. The third kappa shape index (κ3) is 6.60. The summed E-state index contributed by atoms with van der Waals surface area (Å²) in [6, 6.07) is 13.2. The van der Waals surface area contributed by atoms with Crippen molar-refractivity contribution >= 4 is 22.6 Å². The Morgan fingerprint density at radius 2 is 2.00 bits per heavy atom. The fourth-order valence-electron chi connectivity index (χ4n) is 3.89. The topological polar surface area (TPSA) is 126 Å². The van der Waals surface area contributed by atoms with Crippen LogP contribution < -0.4 is 20.7 Å². The molecule has 4 aromatic rings. The number of aromatic nitrogens is 4. The summed E-state index contributed by atoms with van der Waals surface area (Å²) in [6.07, 6.45) is 4.39. The van der Waals surface area contributed by atoms with Gasteiger partial charge in [-0.15, -0.1) is 0 Å². The molecule has 3 aromatic heterocycles. The minimum absolute atomic E-state index is 0.134. The van der Waals surface area contributed by atoms with E-state index in [1.54, 1.807) is 31.6 Å². The van der Waals surface area contributed by atoms with Gasteiger partial charge < -0.3 is 25.8 Å². The fourth-order valence-corrected chi connectivity index (χ4v) is 3.89. The lowest BCUT2D eigenvalue weighted by Gasteiger charge is -2.14. The highest BCUT2D eigenvalue weighted by Gasteiger charge is 2.15. The van der Waals surface area contributed by atoms with E-state index in [9.17, 15) is 9.90 Å². The summed E-state index contributed by atoms with van der Waals surface area (Å²) in [7, 11) is 1.79. The predicted octanol–water partition coefficient (Wildman–Crippen LogP) is 2.88. The Morgan fingerprint density at radius 1 is 1.14 bits per heavy atom. The third-order valence-electron chi connectivity index (χ3n) is 5.72. The molecule has 1 amide bonds. The van der Waals surface area contributed by atoms with Gasteiger partial charge in [0.1, 0.15) is 18.5 Å². The largest absolute Gasteiger partial charge is 0.491 e. The van der Waals surface area contributed by atoms with Gasteiger partial charge in [-0.3, -0.25) is 9.78 Å². The molecule has 37 heavy (non-hydrogen) atoms. The van der Waals surface area contributed by atoms with Crippen LogP contribution in [0.2, 0.25) is 0 Å². The molecule has 1 unspecified atom stereocenters. The van der Waals surface area contributed by atoms with Crippen LogP contribution in [0.1, 0.15) is 30.2 Å². The average Bonchev–Trinajstić information content (AvgIpc) is 3.35. The first-order valence-electron chi connectivity index (χ1n) is 12.3. The van der Waals surface area contributed by atoms with E-state index in [1.807, 2.05) is 41.2 Å². The summed E-state index contributed by atoms with van der Waals surface area (Å²) in [5.41, 5.74) is 3.81. The highest BCUT2D eigenvalue weighted by molar-refractivity contribution is 5.94. The van der Waals surface area contributed by atoms with Crippen molar-refractivity contribution in [2.45, 2.75) is 26.0 Å². The molecule has 194 valence electrons. The van der Waals surface area contributed by atoms with Crippen LogP contribution in [-0.4, -0.2) is 70.2 Å². The van der Waals surface area contributed by atoms with E-state index in [0.717, 1.165) is 28.0 Å². The zero-order valence-electron chi connectivity index (χ0n) is 21.3. The molecule has 0 aliphatic carbocycles. The number of pyridine rings is 2. The number of nitrogens with zero attached hydrogens (tertiary/aromatic N) is 4. The highest BCUT2D eigenvalue weighted by Crippen LogP contribution is 2.31. The van der Waals surface area contributed by atoms with Crippen molar-refractivity contribution in [2.24, 2.45) is 0 Å². The summed E-state index contributed by atoms with van der Waals surface area (Å²) in [5, 5.41) is 24.7. The monoisotopic (exact) mass is 503 g/mol. The number of ether oxygens (including phenoxy) is 1. The number of anilines is 1. The van der Waals surface area contributed by atoms with E-state index in [4.69, 9.17) is 9.72 Å². The number of amides is 1. The SMILES string of the molecule is CNCC(O)COc1cccc(-c2cc(NCCNC(=O)c3cccnc3)c3cnn(C(C)C)c3n2)c1. The molecule has 0 aliphatic rings. The number of likely N-dealkylation sites (N-methyl/N-ethyl adjacent to an activating group) is 1. The molecule has 10 nitrogen and oxygen atoms in total. The second-order valence-corrected chi connectivity index (χ2v) is 8.95. The maximum Gasteiger partial charge on any atom is 0.252 e. The lowest BCUT2D eigenvalue weighted by molar-refractivity contribution is 0.0954. The number of aliphatic hydroxyl groups excluding tert-OH is 1. The van der Waals surface area contributed by atoms with E-state index in [2.05, 4.69) is 39.9 Å². The van der Waals surface area contributed by atoms with E-state index < -0.39 is 6.10 Å². The average molecular weight is 504 g/mol. The molecule has 1 atom stereocenters. The predicted molar refractivity (Wildman–Crippen MR) is 144 cm³/mol. The van der Waals surface area contributed by atoms with Crippen LogP contribution in [0.15, 0.2) is 61.1 Å². The van der Waals surface area contributed by atoms with E-state index in [0.29, 0.717) is 30.9 Å². The number of aliphatic hydroxyl groups is 1. The molecule has 1 aromatic carbocycles. The van der Waals surface area contributed by atoms with Crippen LogP contribution in [0.3, 0.4) is 0 Å². The van der Waals surface area contributed by atoms with Crippen LogP contribution >= 0.6 is 0 Å². The van der Waals surface area contributed by atoms with Gasteiger partial charge in [0.05, 0.1) is 22.8 Å². The maximum absolute atomic E-state index is 12.3. The van der Waals surface area contributed by atoms with Crippen LogP contribution in [0.25, 0.3) is 22.3 Å². The number of hydrogen-bond acceptors (Lipinski definition) is 8. The second-order valence-electron chi connectivity index (χ2n) is 8.95. The Labute approximate surface area is 216 Å². The number of fused-ring (bicyclic) bond motifs is 1. The molecule has 0 spiro atoms. The van der Waals surface area contributed by atoms with Crippen molar-refractivity contribution in [1.29, 1.82) is 0 Å². The van der Waals surface area contributed by atoms with Gasteiger partial charge in [0, 0.05) is 49.3 Å². The molecule has 0 saturated heterocycles. The summed E-state index contributed by atoms with van der Waals surface area (Å²) in [6.45, 7) is 5.72. The van der Waals surface area contributed by atoms with Gasteiger partial charge in [-0.1, -0.05) is 12.1 Å². The molecule has 3 heterocycles. The minimum Gasteiger partial charge on any atom is -0.491 e. The molecule has 0 radical (unpaired) electrons. The van der Waals surface area contributed by atoms with Gasteiger partial charge in [0.15, 0.2) is 5.65 Å². The molecule has 0 aliphatic heterocycles. The number of benzene rings is 1. The first-order valence-corrected chi connectivity index (χ1v) is 12.3. The number of carbonyl (C=O) groups is 1. The van der Waals surface area contributed by atoms with Gasteiger partial charge in [0.25, 0.3) is 5.91 Å². The van der Waals surface area contributed by atoms with Crippen LogP contribution in [0, 0.1) is 0 Å². The molecule has 10 heteroatoms.